The molecular weight excluding hydrogens is 335 g/mol. The lowest BCUT2D eigenvalue weighted by Crippen LogP contribution is -2.32. The molecule has 0 aliphatic carbocycles. The fourth-order valence-corrected chi connectivity index (χ4v) is 3.05. The van der Waals surface area contributed by atoms with Crippen molar-refractivity contribution in [1.29, 1.82) is 0 Å². The van der Waals surface area contributed by atoms with Crippen LogP contribution in [-0.4, -0.2) is 25.5 Å². The number of amides is 2. The highest BCUT2D eigenvalue weighted by molar-refractivity contribution is 6.01. The molecule has 1 aliphatic rings. The number of nitrogens with zero attached hydrogens (tertiary/aromatic N) is 1. The van der Waals surface area contributed by atoms with Gasteiger partial charge in [0, 0.05) is 19.5 Å². The molecule has 3 rings (SSSR count). The van der Waals surface area contributed by atoms with Crippen molar-refractivity contribution in [2.24, 2.45) is 5.92 Å². The fourth-order valence-electron chi connectivity index (χ4n) is 3.05. The van der Waals surface area contributed by atoms with E-state index >= 15 is 0 Å². The molecule has 0 aromatic heterocycles. The van der Waals surface area contributed by atoms with Gasteiger partial charge in [-0.25, -0.2) is 4.39 Å². The number of rotatable bonds is 5. The summed E-state index contributed by atoms with van der Waals surface area (Å²) >= 11 is 0. The molecule has 1 saturated heterocycles. The molecule has 0 bridgehead atoms. The van der Waals surface area contributed by atoms with Gasteiger partial charge in [0.1, 0.15) is 11.6 Å². The molecule has 136 valence electrons. The second-order valence-electron chi connectivity index (χ2n) is 6.38. The van der Waals surface area contributed by atoms with Crippen molar-refractivity contribution in [1.82, 2.24) is 5.32 Å². The van der Waals surface area contributed by atoms with Crippen molar-refractivity contribution in [3.8, 4) is 5.75 Å². The first-order valence-corrected chi connectivity index (χ1v) is 8.45. The third-order valence-electron chi connectivity index (χ3n) is 4.57. The Bertz CT molecular complexity index is 838. The van der Waals surface area contributed by atoms with Gasteiger partial charge < -0.3 is 15.0 Å². The predicted molar refractivity (Wildman–Crippen MR) is 96.4 cm³/mol. The molecule has 6 heteroatoms. The van der Waals surface area contributed by atoms with E-state index in [1.165, 1.54) is 6.07 Å². The summed E-state index contributed by atoms with van der Waals surface area (Å²) in [7, 11) is 1.55. The Hall–Kier alpha value is -2.89. The van der Waals surface area contributed by atoms with Crippen molar-refractivity contribution >= 4 is 17.5 Å². The molecule has 0 spiro atoms. The molecule has 2 aromatic rings. The fraction of sp³-hybridized carbons (Fsp3) is 0.300. The van der Waals surface area contributed by atoms with Gasteiger partial charge in [0.15, 0.2) is 0 Å². The zero-order chi connectivity index (χ0) is 18.7. The van der Waals surface area contributed by atoms with E-state index in [-0.39, 0.29) is 30.6 Å². The van der Waals surface area contributed by atoms with Gasteiger partial charge in [-0.05, 0) is 36.2 Å². The normalized spacial score (nSPS) is 16.7. The van der Waals surface area contributed by atoms with Crippen LogP contribution in [0.25, 0.3) is 0 Å². The summed E-state index contributed by atoms with van der Waals surface area (Å²) in [4.78, 5) is 26.4. The smallest absolute Gasteiger partial charge is 0.227 e. The highest BCUT2D eigenvalue weighted by Gasteiger charge is 2.36. The van der Waals surface area contributed by atoms with Crippen LogP contribution in [0.15, 0.2) is 42.5 Å². The molecule has 1 aliphatic heterocycles. The summed E-state index contributed by atoms with van der Waals surface area (Å²) in [5, 5.41) is 2.79. The van der Waals surface area contributed by atoms with Gasteiger partial charge in [0.25, 0.3) is 0 Å². The lowest BCUT2D eigenvalue weighted by Gasteiger charge is -2.19. The predicted octanol–water partition coefficient (Wildman–Crippen LogP) is 2.81. The SMILES string of the molecule is COc1ccccc1N1CC(C(=O)NCc2ccc(C)c(F)c2)CC1=O. The van der Waals surface area contributed by atoms with Crippen LogP contribution in [0.2, 0.25) is 0 Å². The number of carbonyl (C=O) groups excluding carboxylic acids is 2. The lowest BCUT2D eigenvalue weighted by molar-refractivity contribution is -0.126. The van der Waals surface area contributed by atoms with Crippen molar-refractivity contribution in [3.63, 3.8) is 0 Å². The standard InChI is InChI=1S/C20H21FN2O3/c1-13-7-8-14(9-16(13)21)11-22-20(25)15-10-19(24)23(12-15)17-5-3-4-6-18(17)26-2/h3-9,15H,10-12H2,1-2H3,(H,22,25). The number of para-hydroxylation sites is 2. The van der Waals surface area contributed by atoms with Crippen LogP contribution in [0.5, 0.6) is 5.75 Å². The van der Waals surface area contributed by atoms with Gasteiger partial charge in [0.05, 0.1) is 18.7 Å². The maximum Gasteiger partial charge on any atom is 0.227 e. The number of anilines is 1. The number of methoxy groups -OCH3 is 1. The van der Waals surface area contributed by atoms with Crippen molar-refractivity contribution in [2.45, 2.75) is 19.9 Å². The van der Waals surface area contributed by atoms with Gasteiger partial charge in [-0.15, -0.1) is 0 Å². The summed E-state index contributed by atoms with van der Waals surface area (Å²) in [5.41, 5.74) is 1.91. The quantitative estimate of drug-likeness (QED) is 0.896. The Morgan fingerprint density at radius 1 is 1.31 bits per heavy atom. The third kappa shape index (κ3) is 3.69. The van der Waals surface area contributed by atoms with E-state index in [1.807, 2.05) is 12.1 Å². The van der Waals surface area contributed by atoms with Crippen molar-refractivity contribution < 1.29 is 18.7 Å². The summed E-state index contributed by atoms with van der Waals surface area (Å²) in [6.07, 6.45) is 0.145. The monoisotopic (exact) mass is 356 g/mol. The molecule has 1 unspecified atom stereocenters. The Morgan fingerprint density at radius 2 is 2.08 bits per heavy atom. The van der Waals surface area contributed by atoms with Gasteiger partial charge in [-0.1, -0.05) is 24.3 Å². The molecule has 2 aromatic carbocycles. The number of halogens is 1. The summed E-state index contributed by atoms with van der Waals surface area (Å²) in [6.45, 7) is 2.22. The van der Waals surface area contributed by atoms with Crippen LogP contribution in [0.1, 0.15) is 17.5 Å². The first kappa shape index (κ1) is 17.9. The second kappa shape index (κ2) is 7.56. The Labute approximate surface area is 151 Å². The molecule has 0 radical (unpaired) electrons. The van der Waals surface area contributed by atoms with E-state index in [0.717, 1.165) is 0 Å². The van der Waals surface area contributed by atoms with Crippen LogP contribution >= 0.6 is 0 Å². The number of hydrogen-bond acceptors (Lipinski definition) is 3. The van der Waals surface area contributed by atoms with E-state index in [2.05, 4.69) is 5.32 Å². The largest absolute Gasteiger partial charge is 0.495 e. The molecule has 1 heterocycles. The van der Waals surface area contributed by atoms with Crippen LogP contribution in [-0.2, 0) is 16.1 Å². The molecule has 1 N–H and O–H groups in total. The number of nitrogens with one attached hydrogen (secondary N) is 1. The number of benzene rings is 2. The van der Waals surface area contributed by atoms with Crippen molar-refractivity contribution in [2.75, 3.05) is 18.6 Å². The second-order valence-corrected chi connectivity index (χ2v) is 6.38. The Morgan fingerprint density at radius 3 is 2.81 bits per heavy atom. The van der Waals surface area contributed by atoms with Crippen LogP contribution in [0, 0.1) is 18.7 Å². The maximum absolute atomic E-state index is 13.6. The molecular formula is C20H21FN2O3. The van der Waals surface area contributed by atoms with Crippen LogP contribution < -0.4 is 15.0 Å². The minimum absolute atomic E-state index is 0.115. The minimum atomic E-state index is -0.442. The van der Waals surface area contributed by atoms with Crippen molar-refractivity contribution in [3.05, 3.63) is 59.4 Å². The molecule has 5 nitrogen and oxygen atoms in total. The highest BCUT2D eigenvalue weighted by Crippen LogP contribution is 2.32. The first-order valence-electron chi connectivity index (χ1n) is 8.45. The molecule has 2 amide bonds. The summed E-state index contributed by atoms with van der Waals surface area (Å²) < 4.78 is 18.9. The minimum Gasteiger partial charge on any atom is -0.495 e. The molecule has 1 fully saturated rings. The maximum atomic E-state index is 13.6. The topological polar surface area (TPSA) is 58.6 Å². The number of ether oxygens (including phenoxy) is 1. The van der Waals surface area contributed by atoms with Gasteiger partial charge in [0.2, 0.25) is 11.8 Å². The number of aryl methyl sites for hydroxylation is 1. The van der Waals surface area contributed by atoms with Crippen LogP contribution in [0.3, 0.4) is 0 Å². The van der Waals surface area contributed by atoms with E-state index in [0.29, 0.717) is 29.1 Å². The van der Waals surface area contributed by atoms with Gasteiger partial charge in [-0.3, -0.25) is 9.59 Å². The van der Waals surface area contributed by atoms with Gasteiger partial charge >= 0.3 is 0 Å². The molecule has 0 saturated carbocycles. The van der Waals surface area contributed by atoms with E-state index in [1.54, 1.807) is 43.2 Å². The highest BCUT2D eigenvalue weighted by atomic mass is 19.1. The van der Waals surface area contributed by atoms with E-state index in [4.69, 9.17) is 4.74 Å². The average Bonchev–Trinajstić information content (AvgIpc) is 3.04. The third-order valence-corrected chi connectivity index (χ3v) is 4.57. The Balaban J connectivity index is 1.64. The summed E-state index contributed by atoms with van der Waals surface area (Å²) in [6, 6.07) is 12.1. The summed E-state index contributed by atoms with van der Waals surface area (Å²) in [5.74, 6) is -0.470. The lowest BCUT2D eigenvalue weighted by atomic mass is 10.1. The Kier molecular flexibility index (Phi) is 5.21. The first-order chi connectivity index (χ1) is 12.5. The zero-order valence-electron chi connectivity index (χ0n) is 14.8. The molecule has 1 atom stereocenters. The number of hydrogen-bond donors (Lipinski definition) is 1. The number of carbonyl (C=O) groups is 2. The van der Waals surface area contributed by atoms with Crippen LogP contribution in [0.4, 0.5) is 10.1 Å². The van der Waals surface area contributed by atoms with E-state index in [9.17, 15) is 14.0 Å². The van der Waals surface area contributed by atoms with E-state index < -0.39 is 5.92 Å². The average molecular weight is 356 g/mol. The van der Waals surface area contributed by atoms with Gasteiger partial charge in [-0.2, -0.15) is 0 Å². The zero-order valence-corrected chi connectivity index (χ0v) is 14.8. The molecule has 26 heavy (non-hydrogen) atoms.